The number of hydrogen-bond acceptors (Lipinski definition) is 9. The van der Waals surface area contributed by atoms with E-state index in [1.807, 2.05) is 0 Å². The molecule has 1 N–H and O–H groups in total. The van der Waals surface area contributed by atoms with Crippen LogP contribution in [0.3, 0.4) is 0 Å². The summed E-state index contributed by atoms with van der Waals surface area (Å²) in [5.41, 5.74) is -0.131. The van der Waals surface area contributed by atoms with Crippen LogP contribution in [0.1, 0.15) is 12.0 Å². The molecule has 0 aliphatic heterocycles. The zero-order chi connectivity index (χ0) is 21.2. The van der Waals surface area contributed by atoms with Crippen LogP contribution in [-0.4, -0.2) is 61.9 Å². The predicted molar refractivity (Wildman–Crippen MR) is 101 cm³/mol. The van der Waals surface area contributed by atoms with Gasteiger partial charge in [0.2, 0.25) is 5.75 Å². The monoisotopic (exact) mass is 418 g/mol. The van der Waals surface area contributed by atoms with Crippen LogP contribution in [0.25, 0.3) is 0 Å². The second kappa shape index (κ2) is 11.4. The molecule has 0 atom stereocenters. The highest BCUT2D eigenvalue weighted by Crippen LogP contribution is 2.39. The first-order valence-corrected chi connectivity index (χ1v) is 10.3. The number of carbonyl (C=O) groups is 1. The van der Waals surface area contributed by atoms with Crippen molar-refractivity contribution in [1.29, 1.82) is 0 Å². The highest BCUT2D eigenvalue weighted by Gasteiger charge is 2.36. The first-order valence-electron chi connectivity index (χ1n) is 8.32. The van der Waals surface area contributed by atoms with Gasteiger partial charge in [-0.25, -0.2) is 4.79 Å². The molecule has 0 saturated carbocycles. The van der Waals surface area contributed by atoms with Crippen molar-refractivity contribution in [2.45, 2.75) is 19.1 Å². The molecule has 28 heavy (non-hydrogen) atoms. The summed E-state index contributed by atoms with van der Waals surface area (Å²) in [4.78, 5) is 22.6. The van der Waals surface area contributed by atoms with E-state index >= 15 is 0 Å². The average molecular weight is 418 g/mol. The SMILES string of the molecule is COc1ccc(COC(=O)NCCC[Si](OC)(OC)OC)c([N+](=O)[O-])c1OC. The Morgan fingerprint density at radius 1 is 1.11 bits per heavy atom. The number of nitro benzene ring substituents is 1. The molecule has 0 aromatic heterocycles. The third-order valence-electron chi connectivity index (χ3n) is 4.01. The molecule has 1 aromatic rings. The molecule has 1 rings (SSSR count). The lowest BCUT2D eigenvalue weighted by Gasteiger charge is -2.24. The van der Waals surface area contributed by atoms with Gasteiger partial charge >= 0.3 is 20.6 Å². The summed E-state index contributed by atoms with van der Waals surface area (Å²) in [6.07, 6.45) is -0.156. The van der Waals surface area contributed by atoms with Crippen molar-refractivity contribution in [3.8, 4) is 11.5 Å². The zero-order valence-corrected chi connectivity index (χ0v) is 17.6. The molecule has 11 nitrogen and oxygen atoms in total. The van der Waals surface area contributed by atoms with Crippen LogP contribution >= 0.6 is 0 Å². The molecule has 0 bridgehead atoms. The van der Waals surface area contributed by atoms with Gasteiger partial charge < -0.3 is 32.8 Å². The summed E-state index contributed by atoms with van der Waals surface area (Å²) in [7, 11) is 4.51. The zero-order valence-electron chi connectivity index (χ0n) is 16.6. The van der Waals surface area contributed by atoms with E-state index in [1.54, 1.807) is 0 Å². The third kappa shape index (κ3) is 6.05. The smallest absolute Gasteiger partial charge is 0.493 e. The van der Waals surface area contributed by atoms with Gasteiger partial charge in [-0.15, -0.1) is 0 Å². The van der Waals surface area contributed by atoms with Crippen LogP contribution in [0.4, 0.5) is 10.5 Å². The molecule has 12 heteroatoms. The number of ether oxygens (including phenoxy) is 3. The van der Waals surface area contributed by atoms with E-state index in [9.17, 15) is 14.9 Å². The molecule has 0 saturated heterocycles. The molecule has 1 amide bonds. The lowest BCUT2D eigenvalue weighted by Crippen LogP contribution is -2.43. The Labute approximate surface area is 164 Å². The second-order valence-corrected chi connectivity index (χ2v) is 8.56. The Morgan fingerprint density at radius 2 is 1.75 bits per heavy atom. The highest BCUT2D eigenvalue weighted by atomic mass is 28.4. The summed E-state index contributed by atoms with van der Waals surface area (Å²) < 4.78 is 31.1. The maximum absolute atomic E-state index is 11.9. The minimum atomic E-state index is -2.69. The molecular weight excluding hydrogens is 392 g/mol. The van der Waals surface area contributed by atoms with Gasteiger partial charge in [-0.05, 0) is 18.6 Å². The van der Waals surface area contributed by atoms with Crippen molar-refractivity contribution in [3.05, 3.63) is 27.8 Å². The molecule has 158 valence electrons. The summed E-state index contributed by atoms with van der Waals surface area (Å²) in [6.45, 7) is 0.00704. The van der Waals surface area contributed by atoms with E-state index in [-0.39, 0.29) is 29.4 Å². The largest absolute Gasteiger partial charge is 0.500 e. The fourth-order valence-corrected chi connectivity index (χ4v) is 4.24. The lowest BCUT2D eigenvalue weighted by molar-refractivity contribution is -0.386. The van der Waals surface area contributed by atoms with E-state index in [0.29, 0.717) is 19.0 Å². The first-order chi connectivity index (χ1) is 13.4. The van der Waals surface area contributed by atoms with Crippen molar-refractivity contribution in [1.82, 2.24) is 5.32 Å². The Morgan fingerprint density at radius 3 is 2.25 bits per heavy atom. The van der Waals surface area contributed by atoms with E-state index in [1.165, 1.54) is 47.7 Å². The number of nitro groups is 1. The molecule has 0 aliphatic rings. The Hall–Kier alpha value is -2.41. The van der Waals surface area contributed by atoms with Crippen LogP contribution in [-0.2, 0) is 24.6 Å². The molecule has 0 heterocycles. The van der Waals surface area contributed by atoms with E-state index < -0.39 is 19.8 Å². The van der Waals surface area contributed by atoms with Crippen LogP contribution in [0.2, 0.25) is 6.04 Å². The normalized spacial score (nSPS) is 11.0. The van der Waals surface area contributed by atoms with Crippen molar-refractivity contribution in [3.63, 3.8) is 0 Å². The van der Waals surface area contributed by atoms with Crippen molar-refractivity contribution < 1.29 is 37.2 Å². The fourth-order valence-electron chi connectivity index (χ4n) is 2.51. The second-order valence-electron chi connectivity index (χ2n) is 5.47. The van der Waals surface area contributed by atoms with Gasteiger partial charge in [-0.3, -0.25) is 10.1 Å². The molecule has 0 unspecified atom stereocenters. The first kappa shape index (κ1) is 23.6. The summed E-state index contributed by atoms with van der Waals surface area (Å²) in [5.74, 6) is 0.179. The Balaban J connectivity index is 2.63. The number of alkyl carbamates (subject to hydrolysis) is 1. The van der Waals surface area contributed by atoms with E-state index in [2.05, 4.69) is 5.32 Å². The van der Waals surface area contributed by atoms with Gasteiger partial charge in [-0.1, -0.05) is 0 Å². The van der Waals surface area contributed by atoms with Crippen LogP contribution in [0.15, 0.2) is 12.1 Å². The maximum atomic E-state index is 11.9. The number of hydrogen-bond donors (Lipinski definition) is 1. The number of carbonyl (C=O) groups excluding carboxylic acids is 1. The summed E-state index contributed by atoms with van der Waals surface area (Å²) >= 11 is 0. The molecule has 0 spiro atoms. The number of nitrogens with one attached hydrogen (secondary N) is 1. The van der Waals surface area contributed by atoms with Crippen LogP contribution in [0.5, 0.6) is 11.5 Å². The standard InChI is InChI=1S/C16H26N2O9Si/c1-22-13-8-7-12(14(18(20)21)15(13)23-2)11-27-16(19)17-9-6-10-28(24-3,25-4)26-5/h7-8H,6,9-11H2,1-5H3,(H,17,19). The third-order valence-corrected chi connectivity index (χ3v) is 6.84. The van der Waals surface area contributed by atoms with Gasteiger partial charge in [0.1, 0.15) is 6.61 Å². The highest BCUT2D eigenvalue weighted by molar-refractivity contribution is 6.60. The van der Waals surface area contributed by atoms with Gasteiger partial charge in [0, 0.05) is 33.9 Å². The average Bonchev–Trinajstić information content (AvgIpc) is 2.71. The van der Waals surface area contributed by atoms with Crippen molar-refractivity contribution >= 4 is 20.6 Å². The predicted octanol–water partition coefficient (Wildman–Crippen LogP) is 2.11. The molecule has 0 aliphatic carbocycles. The van der Waals surface area contributed by atoms with Crippen LogP contribution < -0.4 is 14.8 Å². The number of nitrogens with zero attached hydrogens (tertiary/aromatic N) is 1. The molecule has 0 fully saturated rings. The Bertz CT molecular complexity index is 659. The summed E-state index contributed by atoms with van der Waals surface area (Å²) in [5, 5.41) is 14.0. The molecule has 1 aromatic carbocycles. The lowest BCUT2D eigenvalue weighted by atomic mass is 10.1. The van der Waals surface area contributed by atoms with Gasteiger partial charge in [0.05, 0.1) is 24.7 Å². The van der Waals surface area contributed by atoms with Crippen molar-refractivity contribution in [2.75, 3.05) is 42.1 Å². The maximum Gasteiger partial charge on any atom is 0.500 e. The van der Waals surface area contributed by atoms with Crippen LogP contribution in [0, 0.1) is 10.1 Å². The van der Waals surface area contributed by atoms with E-state index in [4.69, 9.17) is 27.5 Å². The van der Waals surface area contributed by atoms with Gasteiger partial charge in [0.25, 0.3) is 0 Å². The van der Waals surface area contributed by atoms with Gasteiger partial charge in [0.15, 0.2) is 5.75 Å². The fraction of sp³-hybridized carbons (Fsp3) is 0.562. The number of rotatable bonds is 12. The van der Waals surface area contributed by atoms with E-state index in [0.717, 1.165) is 0 Å². The topological polar surface area (TPSA) is 128 Å². The molecule has 0 radical (unpaired) electrons. The van der Waals surface area contributed by atoms with Crippen molar-refractivity contribution in [2.24, 2.45) is 0 Å². The number of benzene rings is 1. The quantitative estimate of drug-likeness (QED) is 0.235. The van der Waals surface area contributed by atoms with Gasteiger partial charge in [-0.2, -0.15) is 0 Å². The number of amides is 1. The molecular formula is C16H26N2O9Si. The Kier molecular flexibility index (Phi) is 9.65. The number of methoxy groups -OCH3 is 2. The minimum absolute atomic E-state index is 0.0333. The minimum Gasteiger partial charge on any atom is -0.493 e. The summed E-state index contributed by atoms with van der Waals surface area (Å²) in [6, 6.07) is 3.47.